The zero-order valence-corrected chi connectivity index (χ0v) is 14.0. The molecule has 1 saturated heterocycles. The molecule has 1 aromatic carbocycles. The Bertz CT molecular complexity index is 742. The van der Waals surface area contributed by atoms with Gasteiger partial charge in [-0.25, -0.2) is 21.9 Å². The second-order valence-electron chi connectivity index (χ2n) is 5.56. The van der Waals surface area contributed by atoms with E-state index in [1.54, 1.807) is 6.92 Å². The van der Waals surface area contributed by atoms with Crippen LogP contribution in [0.2, 0.25) is 0 Å². The number of nitrogens with one attached hydrogen (secondary N) is 1. The summed E-state index contributed by atoms with van der Waals surface area (Å²) < 4.78 is 38.8. The van der Waals surface area contributed by atoms with E-state index in [1.807, 2.05) is 0 Å². The van der Waals surface area contributed by atoms with E-state index in [0.717, 1.165) is 6.07 Å². The van der Waals surface area contributed by atoms with Crippen molar-refractivity contribution in [1.82, 2.24) is 4.31 Å². The van der Waals surface area contributed by atoms with E-state index in [1.165, 1.54) is 16.4 Å². The number of piperidine rings is 1. The Labute approximate surface area is 139 Å². The molecule has 0 spiro atoms. The maximum atomic E-state index is 13.8. The Balaban J connectivity index is 1.98. The number of nitrogens with zero attached hydrogens (tertiary/aromatic N) is 1. The third-order valence-electron chi connectivity index (χ3n) is 4.06. The minimum atomic E-state index is -3.26. The fourth-order valence-electron chi connectivity index (χ4n) is 2.56. The largest absolute Gasteiger partial charge is 0.478 e. The summed E-state index contributed by atoms with van der Waals surface area (Å²) in [5, 5.41) is 11.2. The molecule has 2 rings (SSSR count). The van der Waals surface area contributed by atoms with Crippen molar-refractivity contribution in [3.8, 4) is 0 Å². The molecule has 0 radical (unpaired) electrons. The number of carboxylic acid groups (broad SMARTS) is 1. The lowest BCUT2D eigenvalue weighted by Gasteiger charge is -2.30. The SMILES string of the molecule is CCS(=O)(=O)N1CCC(C(=O)Nc2ccc(C(=O)O)cc2F)CC1. The molecule has 0 unspecified atom stereocenters. The minimum Gasteiger partial charge on any atom is -0.478 e. The highest BCUT2D eigenvalue weighted by Gasteiger charge is 2.30. The second-order valence-corrected chi connectivity index (χ2v) is 7.82. The van der Waals surface area contributed by atoms with Gasteiger partial charge in [-0.3, -0.25) is 4.79 Å². The van der Waals surface area contributed by atoms with Gasteiger partial charge in [0.2, 0.25) is 15.9 Å². The third-order valence-corrected chi connectivity index (χ3v) is 5.94. The average molecular weight is 358 g/mol. The van der Waals surface area contributed by atoms with E-state index in [9.17, 15) is 22.4 Å². The fraction of sp³-hybridized carbons (Fsp3) is 0.467. The van der Waals surface area contributed by atoms with Crippen LogP contribution in [0.5, 0.6) is 0 Å². The van der Waals surface area contributed by atoms with Crippen molar-refractivity contribution in [3.05, 3.63) is 29.6 Å². The zero-order valence-electron chi connectivity index (χ0n) is 13.2. The van der Waals surface area contributed by atoms with Gasteiger partial charge in [0.25, 0.3) is 0 Å². The van der Waals surface area contributed by atoms with Gasteiger partial charge in [0.05, 0.1) is 17.0 Å². The average Bonchev–Trinajstić information content (AvgIpc) is 2.56. The molecule has 0 aliphatic carbocycles. The van der Waals surface area contributed by atoms with Gasteiger partial charge in [-0.2, -0.15) is 0 Å². The van der Waals surface area contributed by atoms with Gasteiger partial charge in [0.15, 0.2) is 0 Å². The van der Waals surface area contributed by atoms with E-state index in [4.69, 9.17) is 5.11 Å². The molecule has 1 heterocycles. The Morgan fingerprint density at radius 3 is 2.46 bits per heavy atom. The summed E-state index contributed by atoms with van der Waals surface area (Å²) in [6, 6.07) is 3.25. The van der Waals surface area contributed by atoms with Crippen LogP contribution >= 0.6 is 0 Å². The Morgan fingerprint density at radius 2 is 1.96 bits per heavy atom. The Hall–Kier alpha value is -2.00. The van der Waals surface area contributed by atoms with Crippen LogP contribution in [-0.2, 0) is 14.8 Å². The molecule has 0 saturated carbocycles. The Morgan fingerprint density at radius 1 is 1.33 bits per heavy atom. The molecule has 7 nitrogen and oxygen atoms in total. The summed E-state index contributed by atoms with van der Waals surface area (Å²) in [5.74, 6) is -2.87. The monoisotopic (exact) mass is 358 g/mol. The summed E-state index contributed by atoms with van der Waals surface area (Å²) in [6.45, 7) is 2.08. The number of carbonyl (C=O) groups is 2. The van der Waals surface area contributed by atoms with Crippen LogP contribution in [-0.4, -0.2) is 48.5 Å². The quantitative estimate of drug-likeness (QED) is 0.831. The first-order chi connectivity index (χ1) is 11.2. The minimum absolute atomic E-state index is 0.0188. The van der Waals surface area contributed by atoms with Crippen molar-refractivity contribution in [2.24, 2.45) is 5.92 Å². The molecule has 0 bridgehead atoms. The Kier molecular flexibility index (Phi) is 5.55. The van der Waals surface area contributed by atoms with Crippen LogP contribution in [0.3, 0.4) is 0 Å². The highest BCUT2D eigenvalue weighted by Crippen LogP contribution is 2.23. The summed E-state index contributed by atoms with van der Waals surface area (Å²) in [5.41, 5.74) is -0.294. The number of carboxylic acids is 1. The summed E-state index contributed by atoms with van der Waals surface area (Å²) >= 11 is 0. The lowest BCUT2D eigenvalue weighted by molar-refractivity contribution is -0.120. The van der Waals surface area contributed by atoms with Gasteiger partial charge in [-0.15, -0.1) is 0 Å². The van der Waals surface area contributed by atoms with Gasteiger partial charge in [-0.05, 0) is 38.0 Å². The van der Waals surface area contributed by atoms with Crippen LogP contribution in [0.4, 0.5) is 10.1 Å². The van der Waals surface area contributed by atoms with Gasteiger partial charge in [0, 0.05) is 19.0 Å². The van der Waals surface area contributed by atoms with E-state index >= 15 is 0 Å². The third kappa shape index (κ3) is 4.09. The summed E-state index contributed by atoms with van der Waals surface area (Å²) in [6.07, 6.45) is 0.722. The van der Waals surface area contributed by atoms with Gasteiger partial charge in [-0.1, -0.05) is 0 Å². The lowest BCUT2D eigenvalue weighted by Crippen LogP contribution is -2.42. The van der Waals surface area contributed by atoms with Crippen molar-refractivity contribution in [2.75, 3.05) is 24.2 Å². The second kappa shape index (κ2) is 7.27. The molecule has 24 heavy (non-hydrogen) atoms. The van der Waals surface area contributed by atoms with Gasteiger partial charge in [0.1, 0.15) is 5.82 Å². The standard InChI is InChI=1S/C15H19FN2O5S/c1-2-24(22,23)18-7-5-10(6-8-18)14(19)17-13-4-3-11(15(20)21)9-12(13)16/h3-4,9-10H,2,5-8H2,1H3,(H,17,19)(H,20,21). The number of hydrogen-bond acceptors (Lipinski definition) is 4. The van der Waals surface area contributed by atoms with Crippen LogP contribution in [0.25, 0.3) is 0 Å². The van der Waals surface area contributed by atoms with Crippen LogP contribution < -0.4 is 5.32 Å². The first kappa shape index (κ1) is 18.3. The maximum Gasteiger partial charge on any atom is 0.335 e. The van der Waals surface area contributed by atoms with Crippen LogP contribution in [0.15, 0.2) is 18.2 Å². The molecule has 132 valence electrons. The highest BCUT2D eigenvalue weighted by molar-refractivity contribution is 7.89. The molecule has 1 aliphatic rings. The fourth-order valence-corrected chi connectivity index (χ4v) is 3.70. The number of sulfonamides is 1. The molecule has 1 aliphatic heterocycles. The molecule has 0 aromatic heterocycles. The molecule has 1 fully saturated rings. The predicted octanol–water partition coefficient (Wildman–Crippen LogP) is 1.52. The number of anilines is 1. The number of carbonyl (C=O) groups excluding carboxylic acids is 1. The molecule has 0 atom stereocenters. The number of rotatable bonds is 5. The van der Waals surface area contributed by atoms with E-state index in [0.29, 0.717) is 12.8 Å². The predicted molar refractivity (Wildman–Crippen MR) is 85.7 cm³/mol. The van der Waals surface area contributed by atoms with Crippen molar-refractivity contribution in [3.63, 3.8) is 0 Å². The van der Waals surface area contributed by atoms with Crippen molar-refractivity contribution >= 4 is 27.6 Å². The van der Waals surface area contributed by atoms with E-state index < -0.39 is 33.6 Å². The van der Waals surface area contributed by atoms with E-state index in [-0.39, 0.29) is 30.1 Å². The van der Waals surface area contributed by atoms with E-state index in [2.05, 4.69) is 5.32 Å². The molecular weight excluding hydrogens is 339 g/mol. The first-order valence-corrected chi connectivity index (χ1v) is 9.17. The van der Waals surface area contributed by atoms with Crippen molar-refractivity contribution in [1.29, 1.82) is 0 Å². The summed E-state index contributed by atoms with van der Waals surface area (Å²) in [7, 11) is -3.26. The number of benzene rings is 1. The van der Waals surface area contributed by atoms with Gasteiger partial charge >= 0.3 is 5.97 Å². The molecule has 2 N–H and O–H groups in total. The summed E-state index contributed by atoms with van der Waals surface area (Å²) in [4.78, 5) is 23.0. The number of amides is 1. The lowest BCUT2D eigenvalue weighted by atomic mass is 9.97. The molecule has 9 heteroatoms. The number of aromatic carboxylic acids is 1. The highest BCUT2D eigenvalue weighted by atomic mass is 32.2. The van der Waals surface area contributed by atoms with Crippen LogP contribution in [0, 0.1) is 11.7 Å². The first-order valence-electron chi connectivity index (χ1n) is 7.56. The van der Waals surface area contributed by atoms with Crippen molar-refractivity contribution in [2.45, 2.75) is 19.8 Å². The molecular formula is C15H19FN2O5S. The van der Waals surface area contributed by atoms with Gasteiger partial charge < -0.3 is 10.4 Å². The zero-order chi connectivity index (χ0) is 17.9. The number of hydrogen-bond donors (Lipinski definition) is 2. The maximum absolute atomic E-state index is 13.8. The topological polar surface area (TPSA) is 104 Å². The molecule has 1 aromatic rings. The number of halogens is 1. The molecule has 1 amide bonds. The normalized spacial score (nSPS) is 16.8. The smallest absolute Gasteiger partial charge is 0.335 e. The van der Waals surface area contributed by atoms with Crippen molar-refractivity contribution < 1.29 is 27.5 Å². The van der Waals surface area contributed by atoms with Crippen LogP contribution in [0.1, 0.15) is 30.1 Å².